The van der Waals surface area contributed by atoms with Gasteiger partial charge in [0.15, 0.2) is 0 Å². The summed E-state index contributed by atoms with van der Waals surface area (Å²) in [6, 6.07) is -0.716. The Morgan fingerprint density at radius 3 is 2.63 bits per heavy atom. The third-order valence-corrected chi connectivity index (χ3v) is 2.59. The first kappa shape index (κ1) is 17.5. The summed E-state index contributed by atoms with van der Waals surface area (Å²) in [6.45, 7) is 6.20. The number of nitrogens with zero attached hydrogens (tertiary/aromatic N) is 2. The van der Waals surface area contributed by atoms with Gasteiger partial charge in [0.25, 0.3) is 0 Å². The van der Waals surface area contributed by atoms with Crippen molar-refractivity contribution in [1.82, 2.24) is 9.80 Å². The van der Waals surface area contributed by atoms with E-state index in [1.165, 1.54) is 0 Å². The van der Waals surface area contributed by atoms with E-state index < -0.39 is 12.0 Å². The molecule has 0 aliphatic carbocycles. The van der Waals surface area contributed by atoms with E-state index in [2.05, 4.69) is 35.8 Å². The van der Waals surface area contributed by atoms with Crippen LogP contribution in [0, 0.1) is 0 Å². The number of hydrogen-bond acceptors (Lipinski definition) is 5. The molecule has 6 nitrogen and oxygen atoms in total. The van der Waals surface area contributed by atoms with Gasteiger partial charge >= 0.3 is 5.97 Å². The Balaban J connectivity index is 0.000000342. The molecule has 110 valence electrons. The highest BCUT2D eigenvalue weighted by molar-refractivity contribution is 5.72. The van der Waals surface area contributed by atoms with Crippen molar-refractivity contribution in [2.24, 2.45) is 11.5 Å². The monoisotopic (exact) mass is 270 g/mol. The SMILES string of the molecule is C=CCN1C=CN(C)C1.NCCCC[C@H](N)C(=O)O. The molecule has 19 heavy (non-hydrogen) atoms. The first-order valence-corrected chi connectivity index (χ1v) is 6.43. The van der Waals surface area contributed by atoms with Crippen LogP contribution in [0.5, 0.6) is 0 Å². The summed E-state index contributed by atoms with van der Waals surface area (Å²) in [5.74, 6) is -0.933. The number of rotatable bonds is 7. The molecule has 0 radical (unpaired) electrons. The summed E-state index contributed by atoms with van der Waals surface area (Å²) in [6.07, 6.45) is 8.20. The lowest BCUT2D eigenvalue weighted by atomic mass is 10.1. The van der Waals surface area contributed by atoms with Gasteiger partial charge in [0, 0.05) is 26.0 Å². The molecule has 0 spiro atoms. The zero-order valence-electron chi connectivity index (χ0n) is 11.7. The number of hydrogen-bond donors (Lipinski definition) is 3. The second-order valence-electron chi connectivity index (χ2n) is 4.49. The molecule has 1 aliphatic heterocycles. The van der Waals surface area contributed by atoms with Crippen LogP contribution in [0.25, 0.3) is 0 Å². The number of nitrogens with two attached hydrogens (primary N) is 2. The molecule has 5 N–H and O–H groups in total. The number of aliphatic carboxylic acids is 1. The molecule has 0 unspecified atom stereocenters. The minimum absolute atomic E-state index is 0.520. The van der Waals surface area contributed by atoms with Gasteiger partial charge < -0.3 is 26.4 Å². The highest BCUT2D eigenvalue weighted by Crippen LogP contribution is 2.01. The van der Waals surface area contributed by atoms with Crippen molar-refractivity contribution in [2.45, 2.75) is 25.3 Å². The molecule has 1 heterocycles. The summed E-state index contributed by atoms with van der Waals surface area (Å²) in [5, 5.41) is 8.33. The lowest BCUT2D eigenvalue weighted by Gasteiger charge is -2.15. The molecule has 0 fully saturated rings. The van der Waals surface area contributed by atoms with Crippen molar-refractivity contribution in [3.63, 3.8) is 0 Å². The molecule has 1 rings (SSSR count). The summed E-state index contributed by atoms with van der Waals surface area (Å²) in [4.78, 5) is 14.5. The Kier molecular flexibility index (Phi) is 9.56. The minimum Gasteiger partial charge on any atom is -0.480 e. The lowest BCUT2D eigenvalue weighted by Crippen LogP contribution is -2.29. The normalized spacial score (nSPS) is 14.9. The second kappa shape index (κ2) is 10.4. The smallest absolute Gasteiger partial charge is 0.320 e. The zero-order chi connectivity index (χ0) is 14.7. The van der Waals surface area contributed by atoms with Crippen molar-refractivity contribution < 1.29 is 9.90 Å². The van der Waals surface area contributed by atoms with E-state index in [-0.39, 0.29) is 0 Å². The maximum Gasteiger partial charge on any atom is 0.320 e. The van der Waals surface area contributed by atoms with Crippen LogP contribution in [0.3, 0.4) is 0 Å². The number of carboxylic acid groups (broad SMARTS) is 1. The van der Waals surface area contributed by atoms with Crippen LogP contribution >= 0.6 is 0 Å². The molecule has 6 heteroatoms. The molecule has 1 aliphatic rings. The van der Waals surface area contributed by atoms with Crippen molar-refractivity contribution >= 4 is 5.97 Å². The third-order valence-electron chi connectivity index (χ3n) is 2.59. The molecular weight excluding hydrogens is 244 g/mol. The average Bonchev–Trinajstić information content (AvgIpc) is 2.76. The maximum atomic E-state index is 10.1. The fourth-order valence-electron chi connectivity index (χ4n) is 1.51. The molecule has 0 bridgehead atoms. The fourth-order valence-corrected chi connectivity index (χ4v) is 1.51. The van der Waals surface area contributed by atoms with Crippen LogP contribution in [0.2, 0.25) is 0 Å². The summed E-state index contributed by atoms with van der Waals surface area (Å²) in [5.41, 5.74) is 10.4. The largest absolute Gasteiger partial charge is 0.480 e. The Labute approximate surface area is 115 Å². The second-order valence-corrected chi connectivity index (χ2v) is 4.49. The molecule has 0 saturated carbocycles. The standard InChI is InChI=1S/C7H12N2.C6H14N2O2/c1-3-4-9-6-5-8(2)7-9;7-4-2-1-3-5(8)6(9)10/h3,5-6H,1,4,7H2,2H3;5H,1-4,7-8H2,(H,9,10)/t;5-/m.0/s1. The fraction of sp³-hybridized carbons (Fsp3) is 0.615. The predicted molar refractivity (Wildman–Crippen MR) is 77.2 cm³/mol. The van der Waals surface area contributed by atoms with Crippen LogP contribution in [-0.2, 0) is 4.79 Å². The van der Waals surface area contributed by atoms with Gasteiger partial charge in [0.2, 0.25) is 0 Å². The maximum absolute atomic E-state index is 10.1. The molecule has 0 amide bonds. The van der Waals surface area contributed by atoms with Crippen LogP contribution in [-0.4, -0.2) is 53.7 Å². The van der Waals surface area contributed by atoms with E-state index in [9.17, 15) is 4.79 Å². The van der Waals surface area contributed by atoms with E-state index in [0.29, 0.717) is 13.0 Å². The van der Waals surface area contributed by atoms with Gasteiger partial charge in [0.1, 0.15) is 6.04 Å². The molecule has 1 atom stereocenters. The first-order chi connectivity index (χ1) is 9.01. The number of carbonyl (C=O) groups is 1. The van der Waals surface area contributed by atoms with Crippen LogP contribution in [0.15, 0.2) is 25.1 Å². The van der Waals surface area contributed by atoms with Gasteiger partial charge in [-0.05, 0) is 19.4 Å². The first-order valence-electron chi connectivity index (χ1n) is 6.43. The average molecular weight is 270 g/mol. The van der Waals surface area contributed by atoms with Gasteiger partial charge in [-0.3, -0.25) is 4.79 Å². The summed E-state index contributed by atoms with van der Waals surface area (Å²) >= 11 is 0. The molecular formula is C13H26N4O2. The van der Waals surface area contributed by atoms with Crippen molar-refractivity contribution in [2.75, 3.05) is 26.8 Å². The van der Waals surface area contributed by atoms with Gasteiger partial charge in [-0.15, -0.1) is 6.58 Å². The van der Waals surface area contributed by atoms with E-state index in [4.69, 9.17) is 16.6 Å². The molecule has 0 aromatic heterocycles. The van der Waals surface area contributed by atoms with Crippen molar-refractivity contribution in [3.05, 3.63) is 25.1 Å². The van der Waals surface area contributed by atoms with Crippen LogP contribution in [0.1, 0.15) is 19.3 Å². The lowest BCUT2D eigenvalue weighted by molar-refractivity contribution is -0.138. The van der Waals surface area contributed by atoms with Crippen molar-refractivity contribution in [3.8, 4) is 0 Å². The van der Waals surface area contributed by atoms with Gasteiger partial charge in [-0.1, -0.05) is 12.5 Å². The van der Waals surface area contributed by atoms with E-state index >= 15 is 0 Å². The third kappa shape index (κ3) is 9.10. The predicted octanol–water partition coefficient (Wildman–Crippen LogP) is 0.376. The highest BCUT2D eigenvalue weighted by atomic mass is 16.4. The van der Waals surface area contributed by atoms with Gasteiger partial charge in [0.05, 0.1) is 6.67 Å². The summed E-state index contributed by atoms with van der Waals surface area (Å²) < 4.78 is 0. The van der Waals surface area contributed by atoms with Crippen LogP contribution < -0.4 is 11.5 Å². The van der Waals surface area contributed by atoms with E-state index in [0.717, 1.165) is 26.1 Å². The van der Waals surface area contributed by atoms with E-state index in [1.54, 1.807) is 0 Å². The highest BCUT2D eigenvalue weighted by Gasteiger charge is 2.09. The van der Waals surface area contributed by atoms with Crippen molar-refractivity contribution in [1.29, 1.82) is 0 Å². The molecule has 0 aromatic rings. The summed E-state index contributed by atoms with van der Waals surface area (Å²) in [7, 11) is 2.06. The number of unbranched alkanes of at least 4 members (excludes halogenated alkanes) is 1. The topological polar surface area (TPSA) is 95.8 Å². The zero-order valence-corrected chi connectivity index (χ0v) is 11.7. The quantitative estimate of drug-likeness (QED) is 0.457. The van der Waals surface area contributed by atoms with Gasteiger partial charge in [-0.2, -0.15) is 0 Å². The Hall–Kier alpha value is -1.53. The minimum atomic E-state index is -0.933. The Bertz CT molecular complexity index is 294. The Morgan fingerprint density at radius 1 is 1.53 bits per heavy atom. The van der Waals surface area contributed by atoms with Crippen LogP contribution in [0.4, 0.5) is 0 Å². The van der Waals surface area contributed by atoms with E-state index in [1.807, 2.05) is 6.08 Å². The molecule has 0 saturated heterocycles. The Morgan fingerprint density at radius 2 is 2.21 bits per heavy atom. The number of carboxylic acids is 1. The van der Waals surface area contributed by atoms with Gasteiger partial charge in [-0.25, -0.2) is 0 Å². The molecule has 0 aromatic carbocycles.